The van der Waals surface area contributed by atoms with Gasteiger partial charge in [0.05, 0.1) is 0 Å². The summed E-state index contributed by atoms with van der Waals surface area (Å²) in [6.45, 7) is 7.76. The zero-order valence-electron chi connectivity index (χ0n) is 12.9. The Hall–Kier alpha value is -0.930. The number of hydrogen-bond donors (Lipinski definition) is 1. The van der Waals surface area contributed by atoms with Crippen molar-refractivity contribution in [2.45, 2.75) is 64.1 Å². The second-order valence-corrected chi connectivity index (χ2v) is 6.64. The van der Waals surface area contributed by atoms with Crippen LogP contribution in [0, 0.1) is 6.92 Å². The molecule has 1 saturated heterocycles. The van der Waals surface area contributed by atoms with E-state index in [2.05, 4.69) is 41.2 Å². The highest BCUT2D eigenvalue weighted by atomic mass is 15.3. The van der Waals surface area contributed by atoms with Gasteiger partial charge in [0.15, 0.2) is 0 Å². The molecule has 1 saturated carbocycles. The second kappa shape index (κ2) is 5.82. The van der Waals surface area contributed by atoms with Gasteiger partial charge in [0.25, 0.3) is 0 Å². The van der Waals surface area contributed by atoms with E-state index in [0.717, 1.165) is 18.8 Å². The molecular weight excluding hydrogens is 246 g/mol. The van der Waals surface area contributed by atoms with Crippen LogP contribution >= 0.6 is 0 Å². The van der Waals surface area contributed by atoms with Gasteiger partial charge in [-0.25, -0.2) is 0 Å². The molecule has 110 valence electrons. The van der Waals surface area contributed by atoms with Crippen LogP contribution in [-0.2, 0) is 6.54 Å². The number of nitrogens with one attached hydrogen (secondary N) is 1. The van der Waals surface area contributed by atoms with Gasteiger partial charge in [-0.15, -0.1) is 0 Å². The largest absolute Gasteiger partial charge is 0.308 e. The highest BCUT2D eigenvalue weighted by Gasteiger charge is 2.40. The lowest BCUT2D eigenvalue weighted by atomic mass is 9.91. The molecule has 3 nitrogen and oxygen atoms in total. The molecule has 1 aliphatic heterocycles. The maximum atomic E-state index is 4.44. The van der Waals surface area contributed by atoms with Crippen LogP contribution in [0.25, 0.3) is 0 Å². The highest BCUT2D eigenvalue weighted by molar-refractivity contribution is 5.14. The van der Waals surface area contributed by atoms with Crippen LogP contribution in [0.1, 0.15) is 50.3 Å². The summed E-state index contributed by atoms with van der Waals surface area (Å²) in [5.41, 5.74) is 2.86. The van der Waals surface area contributed by atoms with Crippen LogP contribution in [0.2, 0.25) is 0 Å². The van der Waals surface area contributed by atoms with Crippen LogP contribution < -0.4 is 5.32 Å². The van der Waals surface area contributed by atoms with Crippen LogP contribution in [0.15, 0.2) is 18.3 Å². The molecule has 1 unspecified atom stereocenters. The molecule has 0 radical (unpaired) electrons. The fourth-order valence-corrected chi connectivity index (χ4v) is 3.84. The fraction of sp³-hybridized carbons (Fsp3) is 0.706. The SMILES string of the molecule is CCC1CNC2(CCCC2)CN1Cc1ccc(C)nc1. The molecule has 20 heavy (non-hydrogen) atoms. The second-order valence-electron chi connectivity index (χ2n) is 6.64. The summed E-state index contributed by atoms with van der Waals surface area (Å²) in [5.74, 6) is 0. The molecule has 1 aromatic rings. The summed E-state index contributed by atoms with van der Waals surface area (Å²) in [6.07, 6.45) is 8.76. The average molecular weight is 273 g/mol. The Morgan fingerprint density at radius 2 is 2.15 bits per heavy atom. The minimum absolute atomic E-state index is 0.407. The number of rotatable bonds is 3. The number of aromatic nitrogens is 1. The van der Waals surface area contributed by atoms with Gasteiger partial charge in [0.2, 0.25) is 0 Å². The summed E-state index contributed by atoms with van der Waals surface area (Å²) in [6, 6.07) is 5.03. The molecular formula is C17H27N3. The first-order valence-corrected chi connectivity index (χ1v) is 8.11. The normalized spacial score (nSPS) is 26.2. The van der Waals surface area contributed by atoms with Crippen LogP contribution in [-0.4, -0.2) is 34.6 Å². The Kier molecular flexibility index (Phi) is 4.08. The van der Waals surface area contributed by atoms with E-state index < -0.39 is 0 Å². The number of aryl methyl sites for hydroxylation is 1. The van der Waals surface area contributed by atoms with E-state index in [1.54, 1.807) is 0 Å². The summed E-state index contributed by atoms with van der Waals surface area (Å²) in [5, 5.41) is 3.86. The molecule has 2 aliphatic rings. The van der Waals surface area contributed by atoms with E-state index in [0.29, 0.717) is 11.6 Å². The van der Waals surface area contributed by atoms with E-state index >= 15 is 0 Å². The highest BCUT2D eigenvalue weighted by Crippen LogP contribution is 2.34. The fourth-order valence-electron chi connectivity index (χ4n) is 3.84. The third-order valence-electron chi connectivity index (χ3n) is 5.13. The average Bonchev–Trinajstić information content (AvgIpc) is 2.90. The van der Waals surface area contributed by atoms with Crippen molar-refractivity contribution in [1.29, 1.82) is 0 Å². The molecule has 0 amide bonds. The van der Waals surface area contributed by atoms with Crippen molar-refractivity contribution < 1.29 is 0 Å². The lowest BCUT2D eigenvalue weighted by molar-refractivity contribution is 0.0717. The summed E-state index contributed by atoms with van der Waals surface area (Å²) < 4.78 is 0. The summed E-state index contributed by atoms with van der Waals surface area (Å²) >= 11 is 0. The molecule has 0 aromatic carbocycles. The van der Waals surface area contributed by atoms with Gasteiger partial charge >= 0.3 is 0 Å². The van der Waals surface area contributed by atoms with Crippen molar-refractivity contribution in [3.63, 3.8) is 0 Å². The predicted octanol–water partition coefficient (Wildman–Crippen LogP) is 2.89. The zero-order valence-corrected chi connectivity index (χ0v) is 12.9. The topological polar surface area (TPSA) is 28.2 Å². The molecule has 2 fully saturated rings. The molecule has 3 heteroatoms. The third kappa shape index (κ3) is 2.89. The van der Waals surface area contributed by atoms with Crippen molar-refractivity contribution in [3.8, 4) is 0 Å². The van der Waals surface area contributed by atoms with Gasteiger partial charge in [0, 0.05) is 43.1 Å². The zero-order chi connectivity index (χ0) is 14.0. The van der Waals surface area contributed by atoms with Crippen molar-refractivity contribution in [2.24, 2.45) is 0 Å². The monoisotopic (exact) mass is 273 g/mol. The van der Waals surface area contributed by atoms with Crippen molar-refractivity contribution in [1.82, 2.24) is 15.2 Å². The molecule has 3 rings (SSSR count). The smallest absolute Gasteiger partial charge is 0.0372 e. The van der Waals surface area contributed by atoms with Crippen molar-refractivity contribution >= 4 is 0 Å². The Morgan fingerprint density at radius 1 is 1.35 bits per heavy atom. The number of hydrogen-bond acceptors (Lipinski definition) is 3. The van der Waals surface area contributed by atoms with Gasteiger partial charge in [-0.2, -0.15) is 0 Å². The van der Waals surface area contributed by atoms with Crippen molar-refractivity contribution in [3.05, 3.63) is 29.6 Å². The summed E-state index contributed by atoms with van der Waals surface area (Å²) in [7, 11) is 0. The van der Waals surface area contributed by atoms with Crippen LogP contribution in [0.5, 0.6) is 0 Å². The molecule has 2 heterocycles. The van der Waals surface area contributed by atoms with E-state index in [1.807, 2.05) is 6.20 Å². The Labute approximate surface area is 122 Å². The minimum atomic E-state index is 0.407. The third-order valence-corrected chi connectivity index (χ3v) is 5.13. The van der Waals surface area contributed by atoms with Gasteiger partial charge in [-0.1, -0.05) is 25.8 Å². The first kappa shape index (κ1) is 14.0. The molecule has 1 aromatic heterocycles. The van der Waals surface area contributed by atoms with E-state index in [9.17, 15) is 0 Å². The van der Waals surface area contributed by atoms with Crippen LogP contribution in [0.3, 0.4) is 0 Å². The number of piperazine rings is 1. The minimum Gasteiger partial charge on any atom is -0.308 e. The number of nitrogens with zero attached hydrogens (tertiary/aromatic N) is 2. The molecule has 0 bridgehead atoms. The first-order chi connectivity index (χ1) is 9.71. The quantitative estimate of drug-likeness (QED) is 0.918. The van der Waals surface area contributed by atoms with E-state index in [4.69, 9.17) is 0 Å². The van der Waals surface area contributed by atoms with Gasteiger partial charge in [-0.05, 0) is 37.8 Å². The predicted molar refractivity (Wildman–Crippen MR) is 82.7 cm³/mol. The lowest BCUT2D eigenvalue weighted by Gasteiger charge is -2.46. The molecule has 1 atom stereocenters. The summed E-state index contributed by atoms with van der Waals surface area (Å²) in [4.78, 5) is 7.13. The van der Waals surface area contributed by atoms with Crippen molar-refractivity contribution in [2.75, 3.05) is 13.1 Å². The maximum Gasteiger partial charge on any atom is 0.0372 e. The Bertz CT molecular complexity index is 434. The lowest BCUT2D eigenvalue weighted by Crippen LogP contribution is -2.62. The standard InChI is InChI=1S/C17H27N3/c1-3-16-11-19-17(8-4-5-9-17)13-20(16)12-15-7-6-14(2)18-10-15/h6-7,10,16,19H,3-5,8-9,11-13H2,1-2H3. The Balaban J connectivity index is 1.72. The Morgan fingerprint density at radius 3 is 2.80 bits per heavy atom. The molecule has 1 aliphatic carbocycles. The molecule has 1 spiro atoms. The van der Waals surface area contributed by atoms with Gasteiger partial charge in [-0.3, -0.25) is 9.88 Å². The van der Waals surface area contributed by atoms with E-state index in [-0.39, 0.29) is 0 Å². The van der Waals surface area contributed by atoms with E-state index in [1.165, 1.54) is 44.2 Å². The maximum absolute atomic E-state index is 4.44. The number of pyridine rings is 1. The van der Waals surface area contributed by atoms with Gasteiger partial charge < -0.3 is 5.32 Å². The van der Waals surface area contributed by atoms with Gasteiger partial charge in [0.1, 0.15) is 0 Å². The molecule has 1 N–H and O–H groups in total. The first-order valence-electron chi connectivity index (χ1n) is 8.11. The van der Waals surface area contributed by atoms with Crippen LogP contribution in [0.4, 0.5) is 0 Å².